The molecule has 1 saturated carbocycles. The van der Waals surface area contributed by atoms with E-state index in [4.69, 9.17) is 9.47 Å². The van der Waals surface area contributed by atoms with Crippen LogP contribution < -0.4 is 29.9 Å². The van der Waals surface area contributed by atoms with Gasteiger partial charge in [-0.05, 0) is 61.4 Å². The molecule has 8 heteroatoms. The quantitative estimate of drug-likeness (QED) is 0.277. The number of rotatable bonds is 2. The molecule has 4 aromatic rings. The summed E-state index contributed by atoms with van der Waals surface area (Å²) in [6.07, 6.45) is 11.0. The van der Waals surface area contributed by atoms with Gasteiger partial charge in [0.25, 0.3) is 0 Å². The van der Waals surface area contributed by atoms with Crippen molar-refractivity contribution in [1.29, 1.82) is 0 Å². The molecule has 8 nitrogen and oxygen atoms in total. The Bertz CT molecular complexity index is 1620. The monoisotopic (exact) mass is 580 g/mol. The first-order valence-corrected chi connectivity index (χ1v) is 15.6. The molecular weight excluding hydrogens is 548 g/mol. The molecule has 0 aromatic heterocycles. The molecule has 0 spiro atoms. The van der Waals surface area contributed by atoms with Crippen molar-refractivity contribution < 1.29 is 9.47 Å². The van der Waals surface area contributed by atoms with Gasteiger partial charge in [0, 0.05) is 24.8 Å². The van der Waals surface area contributed by atoms with Gasteiger partial charge in [0.1, 0.15) is 12.3 Å². The molecule has 0 amide bonds. The van der Waals surface area contributed by atoms with Gasteiger partial charge in [0.2, 0.25) is 0 Å². The summed E-state index contributed by atoms with van der Waals surface area (Å²) < 4.78 is 12.9. The van der Waals surface area contributed by atoms with Crippen molar-refractivity contribution in [1.82, 2.24) is 20.4 Å². The minimum absolute atomic E-state index is 0.114. The van der Waals surface area contributed by atoms with Crippen LogP contribution in [0.3, 0.4) is 0 Å². The fourth-order valence-corrected chi connectivity index (χ4v) is 8.52. The third kappa shape index (κ3) is 3.28. The smallest absolute Gasteiger partial charge is 0.151 e. The maximum absolute atomic E-state index is 6.45. The Morgan fingerprint density at radius 2 is 0.818 bits per heavy atom. The van der Waals surface area contributed by atoms with Gasteiger partial charge in [-0.25, -0.2) is 0 Å². The third-order valence-electron chi connectivity index (χ3n) is 10.2. The number of benzene rings is 4. The zero-order valence-corrected chi connectivity index (χ0v) is 24.0. The van der Waals surface area contributed by atoms with Crippen molar-refractivity contribution >= 4 is 22.7 Å². The highest BCUT2D eigenvalue weighted by molar-refractivity contribution is 5.80. The van der Waals surface area contributed by atoms with Gasteiger partial charge in [-0.1, -0.05) is 48.5 Å². The maximum Gasteiger partial charge on any atom is 0.151 e. The largest absolute Gasteiger partial charge is 0.453 e. The average molecular weight is 581 g/mol. The molecule has 5 heterocycles. The fourth-order valence-electron chi connectivity index (χ4n) is 8.52. The lowest BCUT2D eigenvalue weighted by molar-refractivity contribution is -0.0441. The Hall–Kier alpha value is -5.24. The van der Waals surface area contributed by atoms with E-state index in [-0.39, 0.29) is 36.5 Å². The first-order chi connectivity index (χ1) is 21.8. The highest BCUT2D eigenvalue weighted by atomic mass is 16.5. The minimum atomic E-state index is 0.114. The Morgan fingerprint density at radius 1 is 0.477 bits per heavy atom. The van der Waals surface area contributed by atoms with Crippen LogP contribution in [-0.2, 0) is 0 Å². The van der Waals surface area contributed by atoms with Crippen LogP contribution >= 0.6 is 0 Å². The predicted molar refractivity (Wildman–Crippen MR) is 170 cm³/mol. The van der Waals surface area contributed by atoms with Crippen molar-refractivity contribution in [3.05, 3.63) is 122 Å². The molecule has 0 radical (unpaired) electrons. The van der Waals surface area contributed by atoms with Gasteiger partial charge in [-0.2, -0.15) is 0 Å². The summed E-state index contributed by atoms with van der Waals surface area (Å²) in [4.78, 5) is 10.3. The first kappa shape index (κ1) is 24.2. The lowest BCUT2D eigenvalue weighted by Crippen LogP contribution is -2.77. The lowest BCUT2D eigenvalue weighted by Gasteiger charge is -2.61. The molecule has 2 N–H and O–H groups in total. The lowest BCUT2D eigenvalue weighted by atomic mass is 9.76. The van der Waals surface area contributed by atoms with E-state index < -0.39 is 0 Å². The van der Waals surface area contributed by atoms with E-state index in [0.29, 0.717) is 0 Å². The molecule has 2 fully saturated rings. The highest BCUT2D eigenvalue weighted by Gasteiger charge is 2.58. The predicted octanol–water partition coefficient (Wildman–Crippen LogP) is 6.56. The van der Waals surface area contributed by atoms with Crippen LogP contribution in [0.2, 0.25) is 0 Å². The van der Waals surface area contributed by atoms with Crippen molar-refractivity contribution in [2.24, 2.45) is 0 Å². The zero-order valence-electron chi connectivity index (χ0n) is 24.0. The molecule has 218 valence electrons. The van der Waals surface area contributed by atoms with Crippen LogP contribution in [0.4, 0.5) is 22.7 Å². The molecule has 6 aliphatic rings. The van der Waals surface area contributed by atoms with Gasteiger partial charge >= 0.3 is 0 Å². The second-order valence-corrected chi connectivity index (χ2v) is 12.3. The molecule has 1 aliphatic carbocycles. The van der Waals surface area contributed by atoms with E-state index in [9.17, 15) is 0 Å². The summed E-state index contributed by atoms with van der Waals surface area (Å²) >= 11 is 0. The molecule has 4 aromatic carbocycles. The zero-order chi connectivity index (χ0) is 28.8. The maximum atomic E-state index is 6.45. The SMILES string of the molecule is C1=CN2C(N1)C1NC=CN1C1C(N3c4ccccc4Oc4ccccc43)CCC(N3c4ccccc4Oc4ccccc43)C12. The molecule has 6 unspecified atom stereocenters. The molecule has 6 atom stereocenters. The van der Waals surface area contributed by atoms with Crippen molar-refractivity contribution in [3.63, 3.8) is 0 Å². The van der Waals surface area contributed by atoms with E-state index in [2.05, 4.69) is 152 Å². The number of hydrogen-bond donors (Lipinski definition) is 2. The second kappa shape index (κ2) is 9.13. The average Bonchev–Trinajstić information content (AvgIpc) is 3.76. The summed E-state index contributed by atoms with van der Waals surface area (Å²) in [6.45, 7) is 0. The van der Waals surface area contributed by atoms with Crippen LogP contribution in [0.15, 0.2) is 122 Å². The van der Waals surface area contributed by atoms with E-state index in [1.165, 1.54) is 0 Å². The number of nitrogens with zero attached hydrogens (tertiary/aromatic N) is 4. The Labute approximate surface area is 256 Å². The Kier molecular flexibility index (Phi) is 5.03. The number of hydrogen-bond acceptors (Lipinski definition) is 8. The van der Waals surface area contributed by atoms with Crippen LogP contribution in [0.1, 0.15) is 12.8 Å². The first-order valence-electron chi connectivity index (χ1n) is 15.6. The highest BCUT2D eigenvalue weighted by Crippen LogP contribution is 2.54. The summed E-state index contributed by atoms with van der Waals surface area (Å²) in [5.41, 5.74) is 4.50. The molecule has 5 aliphatic heterocycles. The number of nitrogens with one attached hydrogen (secondary N) is 2. The van der Waals surface area contributed by atoms with E-state index in [1.54, 1.807) is 0 Å². The molecule has 1 saturated heterocycles. The van der Waals surface area contributed by atoms with Crippen molar-refractivity contribution in [2.75, 3.05) is 9.80 Å². The van der Waals surface area contributed by atoms with Crippen molar-refractivity contribution in [3.8, 4) is 23.0 Å². The Balaban J connectivity index is 1.16. The number of para-hydroxylation sites is 8. The van der Waals surface area contributed by atoms with Crippen molar-refractivity contribution in [2.45, 2.75) is 49.3 Å². The van der Waals surface area contributed by atoms with Gasteiger partial charge in [-0.3, -0.25) is 0 Å². The van der Waals surface area contributed by atoms with Crippen LogP contribution in [0.5, 0.6) is 23.0 Å². The van der Waals surface area contributed by atoms with Crippen LogP contribution in [0.25, 0.3) is 0 Å². The molecule has 0 bridgehead atoms. The van der Waals surface area contributed by atoms with Gasteiger partial charge in [0.15, 0.2) is 23.0 Å². The van der Waals surface area contributed by atoms with Crippen LogP contribution in [-0.4, -0.2) is 46.3 Å². The van der Waals surface area contributed by atoms with E-state index >= 15 is 0 Å². The van der Waals surface area contributed by atoms with E-state index in [1.807, 2.05) is 0 Å². The number of piperazine rings is 1. The number of anilines is 4. The van der Waals surface area contributed by atoms with Gasteiger partial charge < -0.3 is 39.7 Å². The second-order valence-electron chi connectivity index (χ2n) is 12.3. The van der Waals surface area contributed by atoms with E-state index in [0.717, 1.165) is 58.6 Å². The number of fused-ring (bicyclic) bond motifs is 10. The molecule has 10 rings (SSSR count). The fraction of sp³-hybridized carbons (Fsp3) is 0.222. The minimum Gasteiger partial charge on any atom is -0.453 e. The summed E-state index contributed by atoms with van der Waals surface area (Å²) in [5.74, 6) is 3.63. The summed E-state index contributed by atoms with van der Waals surface area (Å²) in [7, 11) is 0. The number of ether oxygens (including phenoxy) is 2. The molecule has 44 heavy (non-hydrogen) atoms. The third-order valence-corrected chi connectivity index (χ3v) is 10.2. The van der Waals surface area contributed by atoms with Gasteiger partial charge in [0.05, 0.1) is 46.9 Å². The van der Waals surface area contributed by atoms with Gasteiger partial charge in [-0.15, -0.1) is 0 Å². The standard InChI is InChI=1S/C36H32N6O2/c1-5-13-29-23(9-1)41(24-10-2-6-14-30(24)43-29)27-17-18-28(34-33(27)39-21-19-37-35(39)36-38-20-22-40(34)36)42-25-11-3-7-15-31(25)44-32-16-8-4-12-26(32)42/h1-16,19-22,27-28,33-38H,17-18H2. The molecular formula is C36H32N6O2. The normalized spacial score (nSPS) is 28.2. The summed E-state index contributed by atoms with van der Waals surface area (Å²) in [6, 6.07) is 34.6. The Morgan fingerprint density at radius 3 is 1.18 bits per heavy atom. The van der Waals surface area contributed by atoms with Crippen LogP contribution in [0, 0.1) is 0 Å². The topological polar surface area (TPSA) is 55.5 Å². The summed E-state index contributed by atoms with van der Waals surface area (Å²) in [5, 5.41) is 7.35.